The molecule has 1 fully saturated rings. The summed E-state index contributed by atoms with van der Waals surface area (Å²) in [5, 5.41) is 3.05. The molecule has 28 heavy (non-hydrogen) atoms. The van der Waals surface area contributed by atoms with E-state index < -0.39 is 29.0 Å². The van der Waals surface area contributed by atoms with Gasteiger partial charge in [0, 0.05) is 6.42 Å². The number of nitrogens with zero attached hydrogens (tertiary/aromatic N) is 1. The Morgan fingerprint density at radius 1 is 1.32 bits per heavy atom. The quantitative estimate of drug-likeness (QED) is 0.635. The van der Waals surface area contributed by atoms with Crippen LogP contribution in [0.1, 0.15) is 41.7 Å². The van der Waals surface area contributed by atoms with Crippen LogP contribution in [0, 0.1) is 0 Å². The number of amides is 1. The molecule has 1 aliphatic rings. The SMILES string of the molecule is NC(=O)C1(CC(=O)c2nc(Br)sc2-c2cccc(C(F)(F)F)c2)CCCCN1. The lowest BCUT2D eigenvalue weighted by atomic mass is 9.83. The summed E-state index contributed by atoms with van der Waals surface area (Å²) in [6.45, 7) is 0.567. The fraction of sp³-hybridized carbons (Fsp3) is 0.389. The van der Waals surface area contributed by atoms with Crippen molar-refractivity contribution in [2.24, 2.45) is 5.73 Å². The number of carbonyl (C=O) groups is 2. The summed E-state index contributed by atoms with van der Waals surface area (Å²) in [5.41, 5.74) is 3.85. The molecule has 0 aliphatic carbocycles. The largest absolute Gasteiger partial charge is 0.416 e. The van der Waals surface area contributed by atoms with Crippen molar-refractivity contribution in [3.63, 3.8) is 0 Å². The first kappa shape index (κ1) is 20.9. The Labute approximate surface area is 171 Å². The van der Waals surface area contributed by atoms with Crippen molar-refractivity contribution in [2.75, 3.05) is 6.54 Å². The van der Waals surface area contributed by atoms with Crippen LogP contribution in [0.15, 0.2) is 28.2 Å². The number of primary amides is 1. The highest BCUT2D eigenvalue weighted by Gasteiger charge is 2.41. The first-order valence-electron chi connectivity index (χ1n) is 8.54. The molecule has 2 heterocycles. The predicted octanol–water partition coefficient (Wildman–Crippen LogP) is 4.16. The Balaban J connectivity index is 1.96. The van der Waals surface area contributed by atoms with Crippen LogP contribution in [0.3, 0.4) is 0 Å². The third-order valence-electron chi connectivity index (χ3n) is 4.74. The zero-order valence-electron chi connectivity index (χ0n) is 14.6. The molecule has 0 spiro atoms. The Kier molecular flexibility index (Phi) is 5.92. The van der Waals surface area contributed by atoms with E-state index >= 15 is 0 Å². The third kappa shape index (κ3) is 4.28. The van der Waals surface area contributed by atoms with E-state index in [0.717, 1.165) is 36.3 Å². The summed E-state index contributed by atoms with van der Waals surface area (Å²) in [4.78, 5) is 29.5. The summed E-state index contributed by atoms with van der Waals surface area (Å²) in [5.74, 6) is -1.06. The van der Waals surface area contributed by atoms with Crippen molar-refractivity contribution in [3.8, 4) is 10.4 Å². The second-order valence-corrected chi connectivity index (χ2v) is 8.93. The molecule has 10 heteroatoms. The smallest absolute Gasteiger partial charge is 0.368 e. The highest BCUT2D eigenvalue weighted by Crippen LogP contribution is 2.38. The molecule has 1 unspecified atom stereocenters. The van der Waals surface area contributed by atoms with Crippen molar-refractivity contribution in [1.29, 1.82) is 0 Å². The average molecular weight is 476 g/mol. The maximum absolute atomic E-state index is 13.0. The van der Waals surface area contributed by atoms with Crippen LogP contribution in [-0.4, -0.2) is 28.8 Å². The number of piperidine rings is 1. The van der Waals surface area contributed by atoms with Crippen LogP contribution in [-0.2, 0) is 11.0 Å². The fourth-order valence-corrected chi connectivity index (χ4v) is 4.76. The number of carbonyl (C=O) groups excluding carboxylic acids is 2. The van der Waals surface area contributed by atoms with Crippen molar-refractivity contribution in [3.05, 3.63) is 39.4 Å². The van der Waals surface area contributed by atoms with Gasteiger partial charge in [0.15, 0.2) is 9.70 Å². The van der Waals surface area contributed by atoms with Gasteiger partial charge in [-0.1, -0.05) is 12.1 Å². The van der Waals surface area contributed by atoms with Gasteiger partial charge < -0.3 is 11.1 Å². The van der Waals surface area contributed by atoms with Gasteiger partial charge in [0.05, 0.1) is 10.4 Å². The fourth-order valence-electron chi connectivity index (χ4n) is 3.29. The van der Waals surface area contributed by atoms with Gasteiger partial charge in [0.25, 0.3) is 0 Å². The van der Waals surface area contributed by atoms with Gasteiger partial charge >= 0.3 is 6.18 Å². The molecule has 1 atom stereocenters. The molecule has 1 amide bonds. The molecule has 1 aliphatic heterocycles. The normalized spacial score (nSPS) is 20.1. The number of hydrogen-bond acceptors (Lipinski definition) is 5. The Morgan fingerprint density at radius 3 is 2.68 bits per heavy atom. The summed E-state index contributed by atoms with van der Waals surface area (Å²) in [6.07, 6.45) is -2.63. The van der Waals surface area contributed by atoms with Crippen LogP contribution in [0.2, 0.25) is 0 Å². The van der Waals surface area contributed by atoms with Crippen molar-refractivity contribution < 1.29 is 22.8 Å². The van der Waals surface area contributed by atoms with Gasteiger partial charge in [-0.05, 0) is 59.4 Å². The number of thiazole rings is 1. The number of ketones is 1. The van der Waals surface area contributed by atoms with Crippen LogP contribution in [0.4, 0.5) is 13.2 Å². The van der Waals surface area contributed by atoms with E-state index in [9.17, 15) is 22.8 Å². The van der Waals surface area contributed by atoms with Crippen LogP contribution < -0.4 is 11.1 Å². The number of aromatic nitrogens is 1. The van der Waals surface area contributed by atoms with Crippen molar-refractivity contribution in [1.82, 2.24) is 10.3 Å². The molecule has 1 aromatic heterocycles. The van der Waals surface area contributed by atoms with E-state index in [-0.39, 0.29) is 17.7 Å². The van der Waals surface area contributed by atoms with Gasteiger partial charge in [0.1, 0.15) is 11.2 Å². The summed E-state index contributed by atoms with van der Waals surface area (Å²) in [7, 11) is 0. The lowest BCUT2D eigenvalue weighted by Gasteiger charge is -2.34. The molecular formula is C18H17BrF3N3O2S. The average Bonchev–Trinajstić information content (AvgIpc) is 3.04. The Bertz CT molecular complexity index is 908. The molecule has 0 saturated carbocycles. The van der Waals surface area contributed by atoms with E-state index in [4.69, 9.17) is 5.73 Å². The second-order valence-electron chi connectivity index (χ2n) is 6.65. The number of halogens is 4. The van der Waals surface area contributed by atoms with E-state index in [0.29, 0.717) is 21.8 Å². The van der Waals surface area contributed by atoms with Gasteiger partial charge in [-0.15, -0.1) is 11.3 Å². The van der Waals surface area contributed by atoms with Gasteiger partial charge in [-0.25, -0.2) is 4.98 Å². The standard InChI is InChI=1S/C18H17BrF3N3O2S/c19-16-25-13(12(26)9-17(15(23)27)6-1-2-7-24-17)14(28-16)10-4-3-5-11(8-10)18(20,21)22/h3-5,8,24H,1-2,6-7,9H2,(H2,23,27). The van der Waals surface area contributed by atoms with Crippen LogP contribution in [0.25, 0.3) is 10.4 Å². The minimum Gasteiger partial charge on any atom is -0.368 e. The van der Waals surface area contributed by atoms with Crippen LogP contribution in [0.5, 0.6) is 0 Å². The van der Waals surface area contributed by atoms with E-state index in [1.807, 2.05) is 0 Å². The molecule has 0 bridgehead atoms. The first-order valence-corrected chi connectivity index (χ1v) is 10.2. The zero-order chi connectivity index (χ0) is 20.5. The van der Waals surface area contributed by atoms with Gasteiger partial charge in [0.2, 0.25) is 5.91 Å². The van der Waals surface area contributed by atoms with Gasteiger partial charge in [-0.3, -0.25) is 9.59 Å². The second kappa shape index (κ2) is 7.92. The molecule has 0 radical (unpaired) electrons. The topological polar surface area (TPSA) is 85.1 Å². The number of Topliss-reactive ketones (excluding diaryl/α,β-unsaturated/α-hetero) is 1. The monoisotopic (exact) mass is 475 g/mol. The molecule has 3 N–H and O–H groups in total. The molecule has 150 valence electrons. The maximum Gasteiger partial charge on any atom is 0.416 e. The number of nitrogens with two attached hydrogens (primary N) is 1. The molecule has 5 nitrogen and oxygen atoms in total. The van der Waals surface area contributed by atoms with E-state index in [1.165, 1.54) is 12.1 Å². The number of hydrogen-bond donors (Lipinski definition) is 2. The molecule has 1 aromatic carbocycles. The minimum atomic E-state index is -4.50. The third-order valence-corrected chi connectivity index (χ3v) is 6.30. The summed E-state index contributed by atoms with van der Waals surface area (Å²) in [6, 6.07) is 4.73. The molecule has 3 rings (SSSR count). The summed E-state index contributed by atoms with van der Waals surface area (Å²) < 4.78 is 39.5. The van der Waals surface area contributed by atoms with Gasteiger partial charge in [-0.2, -0.15) is 13.2 Å². The molecule has 2 aromatic rings. The number of alkyl halides is 3. The Hall–Kier alpha value is -1.78. The molecule has 1 saturated heterocycles. The number of rotatable bonds is 5. The van der Waals surface area contributed by atoms with Crippen LogP contribution >= 0.6 is 27.3 Å². The number of benzene rings is 1. The minimum absolute atomic E-state index is 0.0317. The van der Waals surface area contributed by atoms with E-state index in [1.54, 1.807) is 0 Å². The lowest BCUT2D eigenvalue weighted by Crippen LogP contribution is -2.58. The maximum atomic E-state index is 13.0. The highest BCUT2D eigenvalue weighted by atomic mass is 79.9. The first-order chi connectivity index (χ1) is 13.1. The highest BCUT2D eigenvalue weighted by molar-refractivity contribution is 9.11. The zero-order valence-corrected chi connectivity index (χ0v) is 17.0. The lowest BCUT2D eigenvalue weighted by molar-refractivity contribution is -0.137. The van der Waals surface area contributed by atoms with Crippen molar-refractivity contribution >= 4 is 39.0 Å². The molecular weight excluding hydrogens is 459 g/mol. The van der Waals surface area contributed by atoms with Crippen molar-refractivity contribution in [2.45, 2.75) is 37.4 Å². The Morgan fingerprint density at radius 2 is 2.07 bits per heavy atom. The predicted molar refractivity (Wildman–Crippen MR) is 103 cm³/mol. The summed E-state index contributed by atoms with van der Waals surface area (Å²) >= 11 is 4.27. The number of nitrogens with one attached hydrogen (secondary N) is 1. The van der Waals surface area contributed by atoms with E-state index in [2.05, 4.69) is 26.2 Å².